The quantitative estimate of drug-likeness (QED) is 0.828. The van der Waals surface area contributed by atoms with E-state index in [1.54, 1.807) is 23.1 Å². The maximum Gasteiger partial charge on any atom is 0.246 e. The Morgan fingerprint density at radius 1 is 1.17 bits per heavy atom. The van der Waals surface area contributed by atoms with Gasteiger partial charge in [-0.15, -0.1) is 0 Å². The van der Waals surface area contributed by atoms with Gasteiger partial charge in [-0.3, -0.25) is 14.5 Å². The van der Waals surface area contributed by atoms with Crippen molar-refractivity contribution in [1.82, 2.24) is 15.1 Å². The van der Waals surface area contributed by atoms with E-state index in [0.717, 1.165) is 5.56 Å². The van der Waals surface area contributed by atoms with E-state index in [0.29, 0.717) is 39.3 Å². The van der Waals surface area contributed by atoms with Crippen LogP contribution < -0.4 is 5.32 Å². The van der Waals surface area contributed by atoms with E-state index in [4.69, 9.17) is 0 Å². The molecule has 1 aromatic rings. The minimum absolute atomic E-state index is 0.0171. The third-order valence-corrected chi connectivity index (χ3v) is 3.71. The molecule has 2 amide bonds. The van der Waals surface area contributed by atoms with E-state index in [1.165, 1.54) is 18.2 Å². The largest absolute Gasteiger partial charge is 0.355 e. The van der Waals surface area contributed by atoms with Gasteiger partial charge in [-0.25, -0.2) is 4.39 Å². The molecule has 0 radical (unpaired) electrons. The number of carbonyl (C=O) groups is 2. The maximum absolute atomic E-state index is 12.8. The molecule has 23 heavy (non-hydrogen) atoms. The maximum atomic E-state index is 12.8. The van der Waals surface area contributed by atoms with Gasteiger partial charge in [0.1, 0.15) is 5.82 Å². The second-order valence-corrected chi connectivity index (χ2v) is 5.44. The second kappa shape index (κ2) is 8.43. The van der Waals surface area contributed by atoms with E-state index in [-0.39, 0.29) is 17.6 Å². The third kappa shape index (κ3) is 5.49. The molecule has 1 aliphatic rings. The molecular weight excluding hydrogens is 297 g/mol. The lowest BCUT2D eigenvalue weighted by molar-refractivity contribution is -0.128. The third-order valence-electron chi connectivity index (χ3n) is 3.71. The number of hydrogen-bond donors (Lipinski definition) is 1. The molecule has 0 atom stereocenters. The van der Waals surface area contributed by atoms with Crippen LogP contribution in [0.4, 0.5) is 4.39 Å². The molecule has 1 aromatic carbocycles. The summed E-state index contributed by atoms with van der Waals surface area (Å²) in [6.45, 7) is 5.48. The number of carbonyl (C=O) groups excluding carboxylic acids is 2. The van der Waals surface area contributed by atoms with Crippen molar-refractivity contribution in [2.75, 3.05) is 39.3 Å². The number of benzene rings is 1. The number of nitrogens with zero attached hydrogens (tertiary/aromatic N) is 2. The molecule has 0 bridgehead atoms. The molecule has 1 saturated heterocycles. The van der Waals surface area contributed by atoms with Crippen LogP contribution in [0.25, 0.3) is 6.08 Å². The Labute approximate surface area is 135 Å². The Kier molecular flexibility index (Phi) is 6.29. The van der Waals surface area contributed by atoms with Crippen molar-refractivity contribution in [2.24, 2.45) is 0 Å². The van der Waals surface area contributed by atoms with Gasteiger partial charge in [0.05, 0.1) is 6.54 Å². The van der Waals surface area contributed by atoms with Crippen molar-refractivity contribution in [3.63, 3.8) is 0 Å². The zero-order valence-corrected chi connectivity index (χ0v) is 13.3. The lowest BCUT2D eigenvalue weighted by Crippen LogP contribution is -2.50. The van der Waals surface area contributed by atoms with Gasteiger partial charge >= 0.3 is 0 Å². The predicted octanol–water partition coefficient (Wildman–Crippen LogP) is 1.12. The van der Waals surface area contributed by atoms with Crippen molar-refractivity contribution < 1.29 is 14.0 Å². The first-order chi connectivity index (χ1) is 11.1. The molecule has 0 aromatic heterocycles. The molecular formula is C17H22FN3O2. The molecule has 124 valence electrons. The highest BCUT2D eigenvalue weighted by Crippen LogP contribution is 2.07. The van der Waals surface area contributed by atoms with Crippen LogP contribution >= 0.6 is 0 Å². The highest BCUT2D eigenvalue weighted by Gasteiger charge is 2.20. The molecule has 5 nitrogen and oxygen atoms in total. The first-order valence-electron chi connectivity index (χ1n) is 7.80. The van der Waals surface area contributed by atoms with Crippen LogP contribution in [-0.4, -0.2) is 60.9 Å². The number of nitrogens with one attached hydrogen (secondary N) is 1. The van der Waals surface area contributed by atoms with E-state index in [1.807, 2.05) is 11.8 Å². The highest BCUT2D eigenvalue weighted by molar-refractivity contribution is 5.91. The number of amides is 2. The summed E-state index contributed by atoms with van der Waals surface area (Å²) in [6, 6.07) is 5.99. The summed E-state index contributed by atoms with van der Waals surface area (Å²) in [5.41, 5.74) is 0.787. The molecule has 6 heteroatoms. The van der Waals surface area contributed by atoms with Gasteiger partial charge in [0.2, 0.25) is 11.8 Å². The van der Waals surface area contributed by atoms with Gasteiger partial charge in [-0.2, -0.15) is 0 Å². The number of halogens is 1. The van der Waals surface area contributed by atoms with Crippen LogP contribution in [0.1, 0.15) is 12.5 Å². The normalized spacial score (nSPS) is 15.8. The minimum atomic E-state index is -0.295. The van der Waals surface area contributed by atoms with Crippen LogP contribution in [0.2, 0.25) is 0 Å². The standard InChI is InChI=1S/C17H22FN3O2/c1-2-19-16(22)13-20-9-11-21(12-10-20)17(23)8-5-14-3-6-15(18)7-4-14/h3-8H,2,9-13H2,1H3,(H,19,22)/b8-5+. The lowest BCUT2D eigenvalue weighted by Gasteiger charge is -2.33. The summed E-state index contributed by atoms with van der Waals surface area (Å²) in [6.07, 6.45) is 3.19. The summed E-state index contributed by atoms with van der Waals surface area (Å²) in [7, 11) is 0. The fourth-order valence-electron chi connectivity index (χ4n) is 2.43. The Balaban J connectivity index is 1.79. The van der Waals surface area contributed by atoms with Gasteiger partial charge in [0.15, 0.2) is 0 Å². The minimum Gasteiger partial charge on any atom is -0.355 e. The zero-order chi connectivity index (χ0) is 16.7. The number of likely N-dealkylation sites (N-methyl/N-ethyl adjacent to an activating group) is 1. The molecule has 1 fully saturated rings. The Morgan fingerprint density at radius 3 is 2.43 bits per heavy atom. The first-order valence-corrected chi connectivity index (χ1v) is 7.80. The van der Waals surface area contributed by atoms with Crippen LogP contribution in [0.3, 0.4) is 0 Å². The van der Waals surface area contributed by atoms with Crippen LogP contribution in [0, 0.1) is 5.82 Å². The number of rotatable bonds is 5. The van der Waals surface area contributed by atoms with Crippen molar-refractivity contribution >= 4 is 17.9 Å². The zero-order valence-electron chi connectivity index (χ0n) is 13.3. The second-order valence-electron chi connectivity index (χ2n) is 5.44. The van der Waals surface area contributed by atoms with Gasteiger partial charge < -0.3 is 10.2 Å². The predicted molar refractivity (Wildman–Crippen MR) is 87.1 cm³/mol. The lowest BCUT2D eigenvalue weighted by atomic mass is 10.2. The average Bonchev–Trinajstić information content (AvgIpc) is 2.55. The van der Waals surface area contributed by atoms with Crippen molar-refractivity contribution in [1.29, 1.82) is 0 Å². The molecule has 0 spiro atoms. The van der Waals surface area contributed by atoms with Crippen molar-refractivity contribution in [3.8, 4) is 0 Å². The average molecular weight is 319 g/mol. The number of hydrogen-bond acceptors (Lipinski definition) is 3. The molecule has 1 aliphatic heterocycles. The molecule has 0 saturated carbocycles. The monoisotopic (exact) mass is 319 g/mol. The summed E-state index contributed by atoms with van der Waals surface area (Å²) in [5.74, 6) is -0.341. The van der Waals surface area contributed by atoms with E-state index in [9.17, 15) is 14.0 Å². The molecule has 0 aliphatic carbocycles. The van der Waals surface area contributed by atoms with Crippen molar-refractivity contribution in [3.05, 3.63) is 41.7 Å². The van der Waals surface area contributed by atoms with Gasteiger partial charge in [-0.1, -0.05) is 12.1 Å². The Bertz CT molecular complexity index is 564. The molecule has 2 rings (SSSR count). The SMILES string of the molecule is CCNC(=O)CN1CCN(C(=O)/C=C/c2ccc(F)cc2)CC1. The summed E-state index contributed by atoms with van der Waals surface area (Å²) in [5, 5.41) is 2.77. The van der Waals surface area contributed by atoms with Crippen molar-refractivity contribution in [2.45, 2.75) is 6.92 Å². The summed E-state index contributed by atoms with van der Waals surface area (Å²) >= 11 is 0. The molecule has 0 unspecified atom stereocenters. The molecule has 1 heterocycles. The number of piperazine rings is 1. The topological polar surface area (TPSA) is 52.7 Å². The molecule has 1 N–H and O–H groups in total. The highest BCUT2D eigenvalue weighted by atomic mass is 19.1. The fraction of sp³-hybridized carbons (Fsp3) is 0.412. The van der Waals surface area contributed by atoms with Gasteiger partial charge in [-0.05, 0) is 30.7 Å². The van der Waals surface area contributed by atoms with Gasteiger partial charge in [0.25, 0.3) is 0 Å². The Hall–Kier alpha value is -2.21. The van der Waals surface area contributed by atoms with E-state index in [2.05, 4.69) is 5.32 Å². The summed E-state index contributed by atoms with van der Waals surface area (Å²) < 4.78 is 12.8. The van der Waals surface area contributed by atoms with E-state index < -0.39 is 0 Å². The van der Waals surface area contributed by atoms with E-state index >= 15 is 0 Å². The van der Waals surface area contributed by atoms with Crippen LogP contribution in [0.5, 0.6) is 0 Å². The Morgan fingerprint density at radius 2 is 1.83 bits per heavy atom. The summed E-state index contributed by atoms with van der Waals surface area (Å²) in [4.78, 5) is 27.5. The van der Waals surface area contributed by atoms with Crippen LogP contribution in [-0.2, 0) is 9.59 Å². The first kappa shape index (κ1) is 17.1. The smallest absolute Gasteiger partial charge is 0.246 e. The fourth-order valence-corrected chi connectivity index (χ4v) is 2.43. The van der Waals surface area contributed by atoms with Crippen LogP contribution in [0.15, 0.2) is 30.3 Å². The van der Waals surface area contributed by atoms with Gasteiger partial charge in [0, 0.05) is 38.8 Å².